The summed E-state index contributed by atoms with van der Waals surface area (Å²) in [7, 11) is 2.14. The number of nitrogens with two attached hydrogens (primary N) is 1. The Morgan fingerprint density at radius 3 is 2.60 bits per heavy atom. The fraction of sp³-hybridized carbons (Fsp3) is 0.261. The van der Waals surface area contributed by atoms with Crippen molar-refractivity contribution in [2.75, 3.05) is 39.0 Å². The molecule has 0 unspecified atom stereocenters. The molecule has 0 spiro atoms. The smallest absolute Gasteiger partial charge is 0.220 e. The van der Waals surface area contributed by atoms with Crippen LogP contribution in [0.4, 0.5) is 5.95 Å². The van der Waals surface area contributed by atoms with E-state index >= 15 is 0 Å². The molecule has 7 nitrogen and oxygen atoms in total. The summed E-state index contributed by atoms with van der Waals surface area (Å²) in [6.07, 6.45) is 1.52. The van der Waals surface area contributed by atoms with Crippen LogP contribution in [0.15, 0.2) is 54.7 Å². The van der Waals surface area contributed by atoms with Gasteiger partial charge in [-0.25, -0.2) is 9.97 Å². The van der Waals surface area contributed by atoms with Crippen molar-refractivity contribution in [3.05, 3.63) is 71.4 Å². The van der Waals surface area contributed by atoms with Gasteiger partial charge in [-0.15, -0.1) is 0 Å². The summed E-state index contributed by atoms with van der Waals surface area (Å²) in [5, 5.41) is 10.3. The maximum atomic E-state index is 13.1. The highest BCUT2D eigenvalue weighted by atomic mass is 16.3. The molecule has 0 saturated carbocycles. The van der Waals surface area contributed by atoms with Gasteiger partial charge >= 0.3 is 0 Å². The van der Waals surface area contributed by atoms with Crippen LogP contribution in [0.2, 0.25) is 0 Å². The Labute approximate surface area is 175 Å². The Bertz CT molecular complexity index is 1060. The molecule has 1 fully saturated rings. The van der Waals surface area contributed by atoms with Crippen LogP contribution in [0.1, 0.15) is 21.5 Å². The zero-order valence-corrected chi connectivity index (χ0v) is 17.0. The van der Waals surface area contributed by atoms with Gasteiger partial charge in [-0.1, -0.05) is 18.2 Å². The van der Waals surface area contributed by atoms with Crippen molar-refractivity contribution in [1.82, 2.24) is 19.8 Å². The number of hydrogen-bond donors (Lipinski definition) is 2. The number of carbonyl (C=O) groups is 1. The Morgan fingerprint density at radius 2 is 1.83 bits per heavy atom. The number of rotatable bonds is 5. The number of likely N-dealkylation sites (N-methyl/N-ethyl adjacent to an activating group) is 1. The largest absolute Gasteiger partial charge is 0.507 e. The molecule has 0 bridgehead atoms. The Hall–Kier alpha value is -3.29. The number of nitrogen functional groups attached to an aromatic ring is 1. The van der Waals surface area contributed by atoms with Crippen molar-refractivity contribution in [3.63, 3.8) is 0 Å². The van der Waals surface area contributed by atoms with E-state index in [2.05, 4.69) is 32.9 Å². The normalized spacial score (nSPS) is 15.2. The first-order valence-corrected chi connectivity index (χ1v) is 9.96. The minimum Gasteiger partial charge on any atom is -0.507 e. The number of piperazine rings is 1. The molecule has 1 aliphatic rings. The third-order valence-corrected chi connectivity index (χ3v) is 5.40. The lowest BCUT2D eigenvalue weighted by Gasteiger charge is -2.32. The average molecular weight is 403 g/mol. The van der Waals surface area contributed by atoms with Crippen molar-refractivity contribution >= 4 is 11.7 Å². The summed E-state index contributed by atoms with van der Waals surface area (Å²) in [5.41, 5.74) is 8.80. The molecule has 1 aromatic heterocycles. The number of phenolic OH excluding ortho intramolecular Hbond substituents is 1. The number of carbonyl (C=O) groups excluding carboxylic acids is 1. The maximum Gasteiger partial charge on any atom is 0.220 e. The lowest BCUT2D eigenvalue weighted by molar-refractivity contribution is 0.103. The van der Waals surface area contributed by atoms with E-state index in [0.29, 0.717) is 22.4 Å². The van der Waals surface area contributed by atoms with Crippen molar-refractivity contribution in [1.29, 1.82) is 0 Å². The highest BCUT2D eigenvalue weighted by Crippen LogP contribution is 2.29. The van der Waals surface area contributed by atoms with Crippen LogP contribution in [0.25, 0.3) is 11.3 Å². The lowest BCUT2D eigenvalue weighted by atomic mass is 9.98. The minimum atomic E-state index is -0.0986. The number of nitrogens with zero attached hydrogens (tertiary/aromatic N) is 4. The molecule has 3 N–H and O–H groups in total. The molecule has 1 aliphatic heterocycles. The number of anilines is 1. The van der Waals surface area contributed by atoms with E-state index in [0.717, 1.165) is 38.3 Å². The summed E-state index contributed by atoms with van der Waals surface area (Å²) in [6.45, 7) is 5.00. The molecule has 2 heterocycles. The van der Waals surface area contributed by atoms with E-state index in [1.54, 1.807) is 18.2 Å². The SMILES string of the molecule is CN1CCN(Cc2cccc(C(=O)c3ccc(O)c(-c4ccnc(N)n4)c3)c2)CC1. The molecule has 7 heteroatoms. The summed E-state index contributed by atoms with van der Waals surface area (Å²) in [6, 6.07) is 14.2. The third kappa shape index (κ3) is 4.48. The average Bonchev–Trinajstić information content (AvgIpc) is 2.75. The van der Waals surface area contributed by atoms with Crippen LogP contribution in [0.3, 0.4) is 0 Å². The van der Waals surface area contributed by atoms with Crippen LogP contribution in [0, 0.1) is 0 Å². The molecule has 2 aromatic carbocycles. The molecule has 154 valence electrons. The van der Waals surface area contributed by atoms with Crippen LogP contribution in [0.5, 0.6) is 5.75 Å². The van der Waals surface area contributed by atoms with Gasteiger partial charge in [0.25, 0.3) is 0 Å². The summed E-state index contributed by atoms with van der Waals surface area (Å²) >= 11 is 0. The van der Waals surface area contributed by atoms with Gasteiger partial charge in [-0.05, 0) is 42.9 Å². The number of ketones is 1. The zero-order chi connectivity index (χ0) is 21.1. The highest BCUT2D eigenvalue weighted by Gasteiger charge is 2.17. The van der Waals surface area contributed by atoms with Gasteiger partial charge in [0.15, 0.2) is 5.78 Å². The number of phenols is 1. The number of benzene rings is 2. The molecule has 0 atom stereocenters. The topological polar surface area (TPSA) is 95.6 Å². The zero-order valence-electron chi connectivity index (χ0n) is 17.0. The van der Waals surface area contributed by atoms with Gasteiger partial charge < -0.3 is 15.7 Å². The van der Waals surface area contributed by atoms with Crippen LogP contribution in [-0.2, 0) is 6.54 Å². The number of aromatic hydroxyl groups is 1. The van der Waals surface area contributed by atoms with Crippen LogP contribution < -0.4 is 5.73 Å². The van der Waals surface area contributed by atoms with Gasteiger partial charge in [-0.2, -0.15) is 0 Å². The van der Waals surface area contributed by atoms with E-state index in [9.17, 15) is 9.90 Å². The van der Waals surface area contributed by atoms with E-state index in [4.69, 9.17) is 5.73 Å². The first-order valence-electron chi connectivity index (χ1n) is 9.96. The molecule has 30 heavy (non-hydrogen) atoms. The first kappa shape index (κ1) is 20.0. The van der Waals surface area contributed by atoms with Gasteiger partial charge in [0, 0.05) is 55.6 Å². The Kier molecular flexibility index (Phi) is 5.74. The van der Waals surface area contributed by atoms with Gasteiger partial charge in [-0.3, -0.25) is 9.69 Å². The van der Waals surface area contributed by atoms with Crippen molar-refractivity contribution in [2.24, 2.45) is 0 Å². The van der Waals surface area contributed by atoms with Crippen LogP contribution in [-0.4, -0.2) is 63.9 Å². The minimum absolute atomic E-state index is 0.0356. The quantitative estimate of drug-likeness (QED) is 0.632. The summed E-state index contributed by atoms with van der Waals surface area (Å²) in [4.78, 5) is 25.9. The molecular formula is C23H25N5O2. The highest BCUT2D eigenvalue weighted by molar-refractivity contribution is 6.09. The molecular weight excluding hydrogens is 378 g/mol. The third-order valence-electron chi connectivity index (χ3n) is 5.40. The molecule has 0 radical (unpaired) electrons. The second kappa shape index (κ2) is 8.61. The van der Waals surface area contributed by atoms with Crippen molar-refractivity contribution in [3.8, 4) is 17.0 Å². The molecule has 0 amide bonds. The van der Waals surface area contributed by atoms with Crippen LogP contribution >= 0.6 is 0 Å². The van der Waals surface area contributed by atoms with E-state index in [-0.39, 0.29) is 17.5 Å². The fourth-order valence-electron chi connectivity index (χ4n) is 3.65. The fourth-order valence-corrected chi connectivity index (χ4v) is 3.65. The molecule has 4 rings (SSSR count). The standard InChI is InChI=1S/C23H25N5O2/c1-27-9-11-28(12-10-27)15-16-3-2-4-17(13-16)22(30)18-5-6-21(29)19(14-18)20-7-8-25-23(24)26-20/h2-8,13-14,29H,9-12,15H2,1H3,(H2,24,25,26). The summed E-state index contributed by atoms with van der Waals surface area (Å²) in [5.74, 6) is 0.0483. The molecule has 3 aromatic rings. The van der Waals surface area contributed by atoms with Crippen molar-refractivity contribution < 1.29 is 9.90 Å². The van der Waals surface area contributed by atoms with Crippen molar-refractivity contribution in [2.45, 2.75) is 6.54 Å². The van der Waals surface area contributed by atoms with Gasteiger partial charge in [0.1, 0.15) is 5.75 Å². The first-order chi connectivity index (χ1) is 14.5. The number of aromatic nitrogens is 2. The second-order valence-corrected chi connectivity index (χ2v) is 7.64. The lowest BCUT2D eigenvalue weighted by Crippen LogP contribution is -2.43. The Balaban J connectivity index is 1.57. The van der Waals surface area contributed by atoms with E-state index in [1.165, 1.54) is 12.3 Å². The molecule has 1 saturated heterocycles. The second-order valence-electron chi connectivity index (χ2n) is 7.64. The van der Waals surface area contributed by atoms with Gasteiger partial charge in [0.2, 0.25) is 5.95 Å². The predicted molar refractivity (Wildman–Crippen MR) is 116 cm³/mol. The van der Waals surface area contributed by atoms with E-state index in [1.807, 2.05) is 18.2 Å². The monoisotopic (exact) mass is 403 g/mol. The Morgan fingerprint density at radius 1 is 1.07 bits per heavy atom. The predicted octanol–water partition coefficient (Wildman–Crippen LogP) is 2.41. The maximum absolute atomic E-state index is 13.1. The van der Waals surface area contributed by atoms with E-state index < -0.39 is 0 Å². The number of hydrogen-bond acceptors (Lipinski definition) is 7. The van der Waals surface area contributed by atoms with Gasteiger partial charge in [0.05, 0.1) is 5.69 Å². The summed E-state index contributed by atoms with van der Waals surface area (Å²) < 4.78 is 0. The molecule has 0 aliphatic carbocycles.